The van der Waals surface area contributed by atoms with E-state index < -0.39 is 11.7 Å². The van der Waals surface area contributed by atoms with Crippen LogP contribution in [0.4, 0.5) is 13.2 Å². The van der Waals surface area contributed by atoms with Gasteiger partial charge in [-0.1, -0.05) is 24.3 Å². The molecule has 1 aromatic heterocycles. The molecule has 1 heterocycles. The quantitative estimate of drug-likeness (QED) is 0.442. The van der Waals surface area contributed by atoms with Gasteiger partial charge >= 0.3 is 5.92 Å². The van der Waals surface area contributed by atoms with E-state index in [0.717, 1.165) is 0 Å². The number of aromatic nitrogens is 1. The number of alkyl halides is 2. The third-order valence-electron chi connectivity index (χ3n) is 4.41. The van der Waals surface area contributed by atoms with Gasteiger partial charge in [-0.15, -0.1) is 0 Å². The van der Waals surface area contributed by atoms with Crippen LogP contribution in [0.15, 0.2) is 66.7 Å². The van der Waals surface area contributed by atoms with E-state index in [1.54, 1.807) is 24.3 Å². The first-order chi connectivity index (χ1) is 12.5. The van der Waals surface area contributed by atoms with Crippen LogP contribution in [0, 0.1) is 5.82 Å². The minimum Gasteiger partial charge on any atom is -0.497 e. The van der Waals surface area contributed by atoms with E-state index in [4.69, 9.17) is 4.74 Å². The van der Waals surface area contributed by atoms with Crippen LogP contribution in [0.25, 0.3) is 21.7 Å². The van der Waals surface area contributed by atoms with Crippen LogP contribution in [0.2, 0.25) is 0 Å². The van der Waals surface area contributed by atoms with E-state index in [0.29, 0.717) is 27.4 Å². The fourth-order valence-corrected chi connectivity index (χ4v) is 3.10. The number of pyridine rings is 1. The van der Waals surface area contributed by atoms with E-state index in [1.165, 1.54) is 49.6 Å². The molecule has 0 aliphatic carbocycles. The molecular weight excluding hydrogens is 339 g/mol. The first-order valence-corrected chi connectivity index (χ1v) is 8.01. The van der Waals surface area contributed by atoms with Crippen molar-refractivity contribution in [1.29, 1.82) is 0 Å². The van der Waals surface area contributed by atoms with Crippen LogP contribution >= 0.6 is 0 Å². The molecule has 0 N–H and O–H groups in total. The highest BCUT2D eigenvalue weighted by molar-refractivity contribution is 6.06. The van der Waals surface area contributed by atoms with Crippen molar-refractivity contribution in [3.05, 3.63) is 83.8 Å². The van der Waals surface area contributed by atoms with Crippen molar-refractivity contribution in [2.24, 2.45) is 0 Å². The average Bonchev–Trinajstić information content (AvgIpc) is 2.67. The highest BCUT2D eigenvalue weighted by atomic mass is 19.3. The van der Waals surface area contributed by atoms with Gasteiger partial charge in [0.15, 0.2) is 0 Å². The summed E-state index contributed by atoms with van der Waals surface area (Å²) in [5.41, 5.74) is -0.205. The molecule has 4 rings (SSSR count). The van der Waals surface area contributed by atoms with Gasteiger partial charge < -0.3 is 4.74 Å². The minimum atomic E-state index is -3.31. The molecule has 0 amide bonds. The van der Waals surface area contributed by atoms with E-state index in [-0.39, 0.29) is 11.3 Å². The highest BCUT2D eigenvalue weighted by Crippen LogP contribution is 2.40. The Bertz CT molecular complexity index is 1110. The van der Waals surface area contributed by atoms with E-state index in [2.05, 4.69) is 4.98 Å². The molecule has 0 aliphatic rings. The molecule has 2 nitrogen and oxygen atoms in total. The minimum absolute atomic E-state index is 0.183. The zero-order chi connectivity index (χ0) is 18.3. The number of ether oxygens (including phenoxy) is 1. The molecule has 0 unspecified atom stereocenters. The van der Waals surface area contributed by atoms with Gasteiger partial charge in [0, 0.05) is 16.3 Å². The fourth-order valence-electron chi connectivity index (χ4n) is 3.10. The van der Waals surface area contributed by atoms with Gasteiger partial charge in [-0.3, -0.25) is 0 Å². The number of rotatable bonds is 3. The number of hydrogen-bond donors (Lipinski definition) is 0. The molecule has 0 aliphatic heterocycles. The second kappa shape index (κ2) is 6.02. The summed E-state index contributed by atoms with van der Waals surface area (Å²) in [6.07, 6.45) is 0. The molecule has 0 spiro atoms. The number of fused-ring (bicyclic) bond motifs is 3. The number of nitrogens with zero attached hydrogens (tertiary/aromatic N) is 1. The van der Waals surface area contributed by atoms with E-state index in [9.17, 15) is 4.39 Å². The Morgan fingerprint density at radius 1 is 0.846 bits per heavy atom. The van der Waals surface area contributed by atoms with Gasteiger partial charge in [-0.05, 0) is 47.9 Å². The summed E-state index contributed by atoms with van der Waals surface area (Å²) >= 11 is 0. The zero-order valence-electron chi connectivity index (χ0n) is 13.8. The maximum absolute atomic E-state index is 15.3. The van der Waals surface area contributed by atoms with Crippen molar-refractivity contribution in [1.82, 2.24) is 4.98 Å². The van der Waals surface area contributed by atoms with Crippen molar-refractivity contribution >= 4 is 21.7 Å². The number of halogens is 3. The Labute approximate surface area is 147 Å². The summed E-state index contributed by atoms with van der Waals surface area (Å²) in [7, 11) is 1.48. The maximum atomic E-state index is 15.3. The van der Waals surface area contributed by atoms with Crippen molar-refractivity contribution in [2.75, 3.05) is 7.11 Å². The third-order valence-corrected chi connectivity index (χ3v) is 4.41. The average molecular weight is 353 g/mol. The lowest BCUT2D eigenvalue weighted by molar-refractivity contribution is 0.0401. The Kier molecular flexibility index (Phi) is 3.80. The summed E-state index contributed by atoms with van der Waals surface area (Å²) in [6, 6.07) is 16.3. The fraction of sp³-hybridized carbons (Fsp3) is 0.0952. The summed E-state index contributed by atoms with van der Waals surface area (Å²) in [5.74, 6) is -3.25. The standard InChI is InChI=1S/C21H14F3NO/c1-26-15-9-6-13(7-10-15)21(23,24)20-17-5-3-2-4-16(17)18-12-14(22)8-11-19(18)25-20/h2-12H,1H3. The first kappa shape index (κ1) is 16.4. The van der Waals surface area contributed by atoms with Gasteiger partial charge in [0.1, 0.15) is 17.3 Å². The molecular formula is C21H14F3NO. The second-order valence-corrected chi connectivity index (χ2v) is 5.97. The van der Waals surface area contributed by atoms with Crippen molar-refractivity contribution in [2.45, 2.75) is 5.92 Å². The van der Waals surface area contributed by atoms with Gasteiger partial charge in [0.25, 0.3) is 0 Å². The number of methoxy groups -OCH3 is 1. The molecule has 0 radical (unpaired) electrons. The van der Waals surface area contributed by atoms with Gasteiger partial charge in [-0.2, -0.15) is 8.78 Å². The van der Waals surface area contributed by atoms with Crippen LogP contribution in [-0.4, -0.2) is 12.1 Å². The molecule has 0 bridgehead atoms. The van der Waals surface area contributed by atoms with E-state index >= 15 is 8.78 Å². The molecule has 4 aromatic rings. The van der Waals surface area contributed by atoms with Gasteiger partial charge in [0.2, 0.25) is 0 Å². The lowest BCUT2D eigenvalue weighted by atomic mass is 9.97. The number of hydrogen-bond acceptors (Lipinski definition) is 2. The van der Waals surface area contributed by atoms with Crippen molar-refractivity contribution in [3.8, 4) is 5.75 Å². The Balaban J connectivity index is 2.00. The SMILES string of the molecule is COc1ccc(C(F)(F)c2nc3ccc(F)cc3c3ccccc23)cc1. The van der Waals surface area contributed by atoms with Gasteiger partial charge in [0.05, 0.1) is 12.6 Å². The Hall–Kier alpha value is -3.08. The lowest BCUT2D eigenvalue weighted by Gasteiger charge is -2.19. The smallest absolute Gasteiger partial charge is 0.315 e. The molecule has 0 saturated heterocycles. The Morgan fingerprint density at radius 3 is 2.23 bits per heavy atom. The van der Waals surface area contributed by atoms with Crippen LogP contribution in [0.5, 0.6) is 5.75 Å². The number of benzene rings is 3. The maximum Gasteiger partial charge on any atom is 0.315 e. The second-order valence-electron chi connectivity index (χ2n) is 5.97. The summed E-state index contributed by atoms with van der Waals surface area (Å²) < 4.78 is 49.2. The molecule has 0 atom stereocenters. The summed E-state index contributed by atoms with van der Waals surface area (Å²) in [4.78, 5) is 4.19. The molecule has 3 aromatic carbocycles. The van der Waals surface area contributed by atoms with E-state index in [1.807, 2.05) is 0 Å². The van der Waals surface area contributed by atoms with Crippen molar-refractivity contribution in [3.63, 3.8) is 0 Å². The topological polar surface area (TPSA) is 22.1 Å². The van der Waals surface area contributed by atoms with Crippen LogP contribution in [-0.2, 0) is 5.92 Å². The van der Waals surface area contributed by atoms with Crippen LogP contribution in [0.3, 0.4) is 0 Å². The predicted molar refractivity (Wildman–Crippen MR) is 95.2 cm³/mol. The molecule has 26 heavy (non-hydrogen) atoms. The summed E-state index contributed by atoms with van der Waals surface area (Å²) in [6.45, 7) is 0. The largest absolute Gasteiger partial charge is 0.497 e. The van der Waals surface area contributed by atoms with Crippen LogP contribution < -0.4 is 4.74 Å². The molecule has 5 heteroatoms. The zero-order valence-corrected chi connectivity index (χ0v) is 13.8. The summed E-state index contributed by atoms with van der Waals surface area (Å²) in [5, 5.41) is 1.35. The van der Waals surface area contributed by atoms with Gasteiger partial charge in [-0.25, -0.2) is 9.37 Å². The van der Waals surface area contributed by atoms with Crippen molar-refractivity contribution < 1.29 is 17.9 Å². The third kappa shape index (κ3) is 2.56. The molecule has 130 valence electrons. The molecule has 0 fully saturated rings. The highest BCUT2D eigenvalue weighted by Gasteiger charge is 2.37. The molecule has 0 saturated carbocycles. The first-order valence-electron chi connectivity index (χ1n) is 8.01. The Morgan fingerprint density at radius 2 is 1.54 bits per heavy atom. The predicted octanol–water partition coefficient (Wildman–Crippen LogP) is 5.68. The lowest BCUT2D eigenvalue weighted by Crippen LogP contribution is -2.18. The monoisotopic (exact) mass is 353 g/mol. The van der Waals surface area contributed by atoms with Crippen LogP contribution in [0.1, 0.15) is 11.3 Å². The normalized spacial score (nSPS) is 11.8.